The van der Waals surface area contributed by atoms with Gasteiger partial charge in [0.25, 0.3) is 0 Å². The van der Waals surface area contributed by atoms with Crippen molar-refractivity contribution < 1.29 is 9.32 Å². The zero-order valence-electron chi connectivity index (χ0n) is 12.0. The third-order valence-electron chi connectivity index (χ3n) is 3.26. The summed E-state index contributed by atoms with van der Waals surface area (Å²) in [6.45, 7) is 3.76. The number of hydrogen-bond donors (Lipinski definition) is 2. The molecule has 0 radical (unpaired) electrons. The number of benzene rings is 1. The first-order valence-electron chi connectivity index (χ1n) is 6.47. The molecule has 108 valence electrons. The Labute approximate surface area is 120 Å². The highest BCUT2D eigenvalue weighted by Crippen LogP contribution is 2.21. The summed E-state index contributed by atoms with van der Waals surface area (Å²) < 4.78 is 6.70. The molecular weight excluding hydrogens is 270 g/mol. The van der Waals surface area contributed by atoms with E-state index in [1.807, 2.05) is 36.9 Å². The Morgan fingerprint density at radius 1 is 1.24 bits per heavy atom. The van der Waals surface area contributed by atoms with Crippen LogP contribution in [0.25, 0.3) is 10.9 Å². The molecule has 3 aromatic rings. The van der Waals surface area contributed by atoms with Gasteiger partial charge in [0.05, 0.1) is 5.52 Å². The van der Waals surface area contributed by atoms with Crippen molar-refractivity contribution in [2.45, 2.75) is 13.8 Å². The van der Waals surface area contributed by atoms with Crippen LogP contribution in [-0.4, -0.2) is 21.0 Å². The number of aromatic nitrogens is 3. The molecule has 7 nitrogen and oxygen atoms in total. The summed E-state index contributed by atoms with van der Waals surface area (Å²) in [5, 5.41) is 14.5. The molecule has 2 amide bonds. The Bertz CT molecular complexity index is 818. The van der Waals surface area contributed by atoms with E-state index in [-0.39, 0.29) is 6.03 Å². The average Bonchev–Trinajstić information content (AvgIpc) is 2.94. The predicted molar refractivity (Wildman–Crippen MR) is 79.3 cm³/mol. The van der Waals surface area contributed by atoms with Crippen molar-refractivity contribution in [3.8, 4) is 0 Å². The van der Waals surface area contributed by atoms with E-state index in [2.05, 4.69) is 20.9 Å². The Balaban J connectivity index is 1.76. The van der Waals surface area contributed by atoms with Gasteiger partial charge in [-0.2, -0.15) is 5.10 Å². The van der Waals surface area contributed by atoms with Crippen LogP contribution in [0.2, 0.25) is 0 Å². The number of anilines is 2. The second kappa shape index (κ2) is 4.93. The molecule has 0 unspecified atom stereocenters. The summed E-state index contributed by atoms with van der Waals surface area (Å²) >= 11 is 0. The number of carbonyl (C=O) groups is 1. The van der Waals surface area contributed by atoms with Crippen LogP contribution in [0.15, 0.2) is 28.8 Å². The first-order valence-corrected chi connectivity index (χ1v) is 6.47. The monoisotopic (exact) mass is 285 g/mol. The van der Waals surface area contributed by atoms with Gasteiger partial charge in [-0.25, -0.2) is 4.79 Å². The van der Waals surface area contributed by atoms with Gasteiger partial charge in [0.15, 0.2) is 5.82 Å². The van der Waals surface area contributed by atoms with Gasteiger partial charge in [-0.05, 0) is 32.0 Å². The van der Waals surface area contributed by atoms with Crippen LogP contribution in [0.4, 0.5) is 16.3 Å². The topological polar surface area (TPSA) is 85.0 Å². The first kappa shape index (κ1) is 13.2. The van der Waals surface area contributed by atoms with Crippen molar-refractivity contribution in [1.82, 2.24) is 14.9 Å². The predicted octanol–water partition coefficient (Wildman–Crippen LogP) is 2.82. The minimum absolute atomic E-state index is 0.375. The SMILES string of the molecule is Cc1cc(NC(=O)Nc2ccc3c(C)n(C)nc3c2)no1. The lowest BCUT2D eigenvalue weighted by molar-refractivity contribution is 0.262. The van der Waals surface area contributed by atoms with Crippen LogP contribution in [0.1, 0.15) is 11.5 Å². The quantitative estimate of drug-likeness (QED) is 0.758. The minimum atomic E-state index is -0.379. The third kappa shape index (κ3) is 2.58. The Morgan fingerprint density at radius 3 is 2.76 bits per heavy atom. The molecule has 0 fully saturated rings. The van der Waals surface area contributed by atoms with Crippen molar-refractivity contribution in [2.75, 3.05) is 10.6 Å². The van der Waals surface area contributed by atoms with Gasteiger partial charge in [-0.15, -0.1) is 0 Å². The van der Waals surface area contributed by atoms with E-state index in [0.717, 1.165) is 16.6 Å². The fourth-order valence-electron chi connectivity index (χ4n) is 2.11. The Morgan fingerprint density at radius 2 is 2.05 bits per heavy atom. The Kier molecular flexibility index (Phi) is 3.09. The number of carbonyl (C=O) groups excluding carboxylic acids is 1. The van der Waals surface area contributed by atoms with Crippen molar-refractivity contribution in [1.29, 1.82) is 0 Å². The number of fused-ring (bicyclic) bond motifs is 1. The van der Waals surface area contributed by atoms with Crippen LogP contribution in [0.5, 0.6) is 0 Å². The molecule has 1 aromatic carbocycles. The standard InChI is InChI=1S/C14H15N5O2/c1-8-6-13(18-21-8)16-14(20)15-10-4-5-11-9(2)19(3)17-12(11)7-10/h4-7H,1-3H3,(H2,15,16,18,20). The van der Waals surface area contributed by atoms with E-state index in [0.29, 0.717) is 17.3 Å². The van der Waals surface area contributed by atoms with E-state index >= 15 is 0 Å². The van der Waals surface area contributed by atoms with Gasteiger partial charge >= 0.3 is 6.03 Å². The highest BCUT2D eigenvalue weighted by atomic mass is 16.5. The summed E-state index contributed by atoms with van der Waals surface area (Å²) in [4.78, 5) is 11.9. The Hall–Kier alpha value is -2.83. The normalized spacial score (nSPS) is 10.8. The van der Waals surface area contributed by atoms with Crippen molar-refractivity contribution in [2.24, 2.45) is 7.05 Å². The van der Waals surface area contributed by atoms with Crippen molar-refractivity contribution in [3.63, 3.8) is 0 Å². The number of amides is 2. The van der Waals surface area contributed by atoms with Crippen LogP contribution in [-0.2, 0) is 7.05 Å². The number of rotatable bonds is 2. The molecule has 0 saturated carbocycles. The summed E-state index contributed by atoms with van der Waals surface area (Å²) in [5.41, 5.74) is 2.59. The maximum absolute atomic E-state index is 11.9. The second-order valence-electron chi connectivity index (χ2n) is 4.84. The molecule has 2 N–H and O–H groups in total. The highest BCUT2D eigenvalue weighted by Gasteiger charge is 2.09. The number of hydrogen-bond acceptors (Lipinski definition) is 4. The lowest BCUT2D eigenvalue weighted by Crippen LogP contribution is -2.19. The van der Waals surface area contributed by atoms with Crippen LogP contribution in [0.3, 0.4) is 0 Å². The number of nitrogens with one attached hydrogen (secondary N) is 2. The molecule has 0 aliphatic carbocycles. The van der Waals surface area contributed by atoms with Crippen LogP contribution < -0.4 is 10.6 Å². The van der Waals surface area contributed by atoms with Gasteiger partial charge in [0.1, 0.15) is 5.76 Å². The first-order chi connectivity index (χ1) is 10.0. The largest absolute Gasteiger partial charge is 0.360 e. The molecule has 7 heteroatoms. The minimum Gasteiger partial charge on any atom is -0.360 e. The van der Waals surface area contributed by atoms with Gasteiger partial charge < -0.3 is 9.84 Å². The molecule has 2 heterocycles. The summed E-state index contributed by atoms with van der Waals surface area (Å²) in [6.07, 6.45) is 0. The third-order valence-corrected chi connectivity index (χ3v) is 3.26. The van der Waals surface area contributed by atoms with E-state index in [1.165, 1.54) is 0 Å². The lowest BCUT2D eigenvalue weighted by atomic mass is 10.2. The molecule has 0 aliphatic rings. The van der Waals surface area contributed by atoms with Crippen molar-refractivity contribution >= 4 is 28.4 Å². The lowest BCUT2D eigenvalue weighted by Gasteiger charge is -2.04. The number of nitrogens with zero attached hydrogens (tertiary/aromatic N) is 3. The van der Waals surface area contributed by atoms with Gasteiger partial charge in [0.2, 0.25) is 0 Å². The molecule has 0 saturated heterocycles. The van der Waals surface area contributed by atoms with E-state index in [1.54, 1.807) is 13.0 Å². The maximum atomic E-state index is 11.9. The molecule has 0 spiro atoms. The zero-order valence-corrected chi connectivity index (χ0v) is 12.0. The summed E-state index contributed by atoms with van der Waals surface area (Å²) in [5.74, 6) is 1.01. The molecule has 0 atom stereocenters. The molecule has 0 aliphatic heterocycles. The molecule has 2 aromatic heterocycles. The zero-order chi connectivity index (χ0) is 15.0. The molecule has 3 rings (SSSR count). The number of aryl methyl sites for hydroxylation is 3. The average molecular weight is 285 g/mol. The molecular formula is C14H15N5O2. The summed E-state index contributed by atoms with van der Waals surface area (Å²) in [6, 6.07) is 6.87. The van der Waals surface area contributed by atoms with E-state index < -0.39 is 0 Å². The van der Waals surface area contributed by atoms with Crippen LogP contribution in [0, 0.1) is 13.8 Å². The molecule has 21 heavy (non-hydrogen) atoms. The van der Waals surface area contributed by atoms with Gasteiger partial charge in [-0.1, -0.05) is 5.16 Å². The van der Waals surface area contributed by atoms with Crippen molar-refractivity contribution in [3.05, 3.63) is 35.7 Å². The van der Waals surface area contributed by atoms with E-state index in [4.69, 9.17) is 4.52 Å². The van der Waals surface area contributed by atoms with Gasteiger partial charge in [0, 0.05) is 29.9 Å². The maximum Gasteiger partial charge on any atom is 0.324 e. The molecule has 0 bridgehead atoms. The fraction of sp³-hybridized carbons (Fsp3) is 0.214. The van der Waals surface area contributed by atoms with E-state index in [9.17, 15) is 4.79 Å². The smallest absolute Gasteiger partial charge is 0.324 e. The highest BCUT2D eigenvalue weighted by molar-refractivity contribution is 6.00. The summed E-state index contributed by atoms with van der Waals surface area (Å²) in [7, 11) is 1.89. The van der Waals surface area contributed by atoms with Gasteiger partial charge in [-0.3, -0.25) is 10.00 Å². The number of urea groups is 1. The van der Waals surface area contributed by atoms with Crippen LogP contribution >= 0.6 is 0 Å². The fourth-order valence-corrected chi connectivity index (χ4v) is 2.11. The second-order valence-corrected chi connectivity index (χ2v) is 4.84.